The van der Waals surface area contributed by atoms with Crippen LogP contribution in [0.25, 0.3) is 11.0 Å². The molecule has 0 radical (unpaired) electrons. The molecule has 0 bridgehead atoms. The van der Waals surface area contributed by atoms with Crippen LogP contribution in [0.15, 0.2) is 28.7 Å². The van der Waals surface area contributed by atoms with Gasteiger partial charge in [0.1, 0.15) is 5.76 Å². The molecule has 2 aromatic rings. The third-order valence-corrected chi connectivity index (χ3v) is 2.03. The summed E-state index contributed by atoms with van der Waals surface area (Å²) >= 11 is 0. The lowest BCUT2D eigenvalue weighted by molar-refractivity contribution is 0.154. The summed E-state index contributed by atoms with van der Waals surface area (Å²) < 4.78 is 10.6. The van der Waals surface area contributed by atoms with Crippen molar-refractivity contribution in [3.05, 3.63) is 30.0 Å². The van der Waals surface area contributed by atoms with E-state index in [2.05, 4.69) is 0 Å². The average Bonchev–Trinajstić information content (AvgIpc) is 2.60. The summed E-state index contributed by atoms with van der Waals surface area (Å²) in [5, 5.41) is 9.50. The fourth-order valence-corrected chi connectivity index (χ4v) is 1.42. The molecule has 0 atom stereocenters. The normalized spacial score (nSPS) is 10.7. The van der Waals surface area contributed by atoms with Crippen LogP contribution in [0.4, 0.5) is 0 Å². The Hall–Kier alpha value is -1.52. The van der Waals surface area contributed by atoms with Gasteiger partial charge in [-0.1, -0.05) is 12.1 Å². The smallest absolute Gasteiger partial charge is 0.176 e. The van der Waals surface area contributed by atoms with Gasteiger partial charge in [-0.15, -0.1) is 0 Å². The third-order valence-electron chi connectivity index (χ3n) is 2.03. The monoisotopic (exact) mass is 193 g/mol. The Balaban J connectivity index is 2.52. The predicted molar refractivity (Wildman–Crippen MR) is 51.4 cm³/mol. The Bertz CT molecular complexity index is 436. The first-order valence-electron chi connectivity index (χ1n) is 4.27. The topological polar surface area (TPSA) is 54.6 Å². The van der Waals surface area contributed by atoms with E-state index in [-0.39, 0.29) is 6.54 Å². The standard InChI is InChI=1S/C10H11NO3/c1-13-9-4-2-3-7-5-8(6-11-12)14-10(7)9/h2-5,11-12H,6H2,1H3. The zero-order valence-electron chi connectivity index (χ0n) is 7.78. The first kappa shape index (κ1) is 9.05. The minimum Gasteiger partial charge on any atom is -0.493 e. The molecule has 0 unspecified atom stereocenters. The van der Waals surface area contributed by atoms with Gasteiger partial charge in [-0.2, -0.15) is 5.48 Å². The zero-order chi connectivity index (χ0) is 9.97. The first-order chi connectivity index (χ1) is 6.85. The van der Waals surface area contributed by atoms with E-state index in [1.54, 1.807) is 7.11 Å². The van der Waals surface area contributed by atoms with Gasteiger partial charge >= 0.3 is 0 Å². The molecular formula is C10H11NO3. The van der Waals surface area contributed by atoms with Gasteiger partial charge in [0, 0.05) is 5.39 Å². The molecule has 0 aliphatic carbocycles. The van der Waals surface area contributed by atoms with E-state index < -0.39 is 0 Å². The maximum absolute atomic E-state index is 8.53. The molecule has 2 rings (SSSR count). The van der Waals surface area contributed by atoms with E-state index in [0.717, 1.165) is 5.39 Å². The van der Waals surface area contributed by atoms with Gasteiger partial charge in [0.05, 0.1) is 13.7 Å². The van der Waals surface area contributed by atoms with Crippen LogP contribution in [0.2, 0.25) is 0 Å². The Labute approximate surface area is 81.0 Å². The highest BCUT2D eigenvalue weighted by Gasteiger charge is 2.07. The van der Waals surface area contributed by atoms with Gasteiger partial charge in [0.25, 0.3) is 0 Å². The summed E-state index contributed by atoms with van der Waals surface area (Å²) in [5.41, 5.74) is 2.76. The Morgan fingerprint density at radius 3 is 3.07 bits per heavy atom. The van der Waals surface area contributed by atoms with Gasteiger partial charge in [-0.3, -0.25) is 0 Å². The van der Waals surface area contributed by atoms with Crippen molar-refractivity contribution in [1.82, 2.24) is 5.48 Å². The number of furan rings is 1. The molecule has 1 aromatic heterocycles. The number of benzene rings is 1. The van der Waals surface area contributed by atoms with Crippen LogP contribution in [0, 0.1) is 0 Å². The molecule has 0 saturated carbocycles. The van der Waals surface area contributed by atoms with Gasteiger partial charge in [0.2, 0.25) is 0 Å². The molecule has 74 valence electrons. The van der Waals surface area contributed by atoms with E-state index in [0.29, 0.717) is 17.1 Å². The van der Waals surface area contributed by atoms with Gasteiger partial charge in [-0.25, -0.2) is 0 Å². The number of rotatable bonds is 3. The first-order valence-corrected chi connectivity index (χ1v) is 4.27. The average molecular weight is 193 g/mol. The number of hydroxylamine groups is 1. The lowest BCUT2D eigenvalue weighted by Gasteiger charge is -1.98. The Morgan fingerprint density at radius 2 is 2.36 bits per heavy atom. The highest BCUT2D eigenvalue weighted by Crippen LogP contribution is 2.28. The Kier molecular flexibility index (Phi) is 2.39. The molecule has 14 heavy (non-hydrogen) atoms. The molecule has 1 heterocycles. The lowest BCUT2D eigenvalue weighted by Crippen LogP contribution is -2.04. The molecule has 0 fully saturated rings. The fraction of sp³-hybridized carbons (Fsp3) is 0.200. The van der Waals surface area contributed by atoms with Gasteiger partial charge in [-0.05, 0) is 12.1 Å². The van der Waals surface area contributed by atoms with Crippen LogP contribution >= 0.6 is 0 Å². The van der Waals surface area contributed by atoms with Crippen LogP contribution in [-0.2, 0) is 6.54 Å². The van der Waals surface area contributed by atoms with Crippen LogP contribution in [0.5, 0.6) is 5.75 Å². The number of hydrogen-bond donors (Lipinski definition) is 2. The number of nitrogens with one attached hydrogen (secondary N) is 1. The maximum atomic E-state index is 8.53. The zero-order valence-corrected chi connectivity index (χ0v) is 7.78. The summed E-state index contributed by atoms with van der Waals surface area (Å²) in [5.74, 6) is 1.37. The van der Waals surface area contributed by atoms with Crippen molar-refractivity contribution < 1.29 is 14.4 Å². The van der Waals surface area contributed by atoms with Crippen LogP contribution < -0.4 is 10.2 Å². The summed E-state index contributed by atoms with van der Waals surface area (Å²) in [6.07, 6.45) is 0. The van der Waals surface area contributed by atoms with Crippen LogP contribution in [-0.4, -0.2) is 12.3 Å². The van der Waals surface area contributed by atoms with Crippen molar-refractivity contribution in [3.63, 3.8) is 0 Å². The lowest BCUT2D eigenvalue weighted by atomic mass is 10.2. The molecule has 0 aliphatic heterocycles. The van der Waals surface area contributed by atoms with Crippen LogP contribution in [0.1, 0.15) is 5.76 Å². The number of fused-ring (bicyclic) bond motifs is 1. The minimum absolute atomic E-state index is 0.290. The minimum atomic E-state index is 0.290. The van der Waals surface area contributed by atoms with Crippen molar-refractivity contribution >= 4 is 11.0 Å². The van der Waals surface area contributed by atoms with Crippen molar-refractivity contribution in [3.8, 4) is 5.75 Å². The van der Waals surface area contributed by atoms with Crippen molar-refractivity contribution in [1.29, 1.82) is 0 Å². The fourth-order valence-electron chi connectivity index (χ4n) is 1.42. The second-order valence-electron chi connectivity index (χ2n) is 2.93. The van der Waals surface area contributed by atoms with Crippen LogP contribution in [0.3, 0.4) is 0 Å². The van der Waals surface area contributed by atoms with E-state index >= 15 is 0 Å². The largest absolute Gasteiger partial charge is 0.493 e. The molecule has 4 nitrogen and oxygen atoms in total. The second-order valence-corrected chi connectivity index (χ2v) is 2.93. The summed E-state index contributed by atoms with van der Waals surface area (Å²) in [6.45, 7) is 0.290. The molecule has 1 aromatic carbocycles. The molecule has 2 N–H and O–H groups in total. The molecule has 0 spiro atoms. The van der Waals surface area contributed by atoms with Crippen molar-refractivity contribution in [2.75, 3.05) is 7.11 Å². The highest BCUT2D eigenvalue weighted by atomic mass is 16.5. The number of hydrogen-bond acceptors (Lipinski definition) is 4. The predicted octanol–water partition coefficient (Wildman–Crippen LogP) is 1.92. The number of para-hydroxylation sites is 1. The van der Waals surface area contributed by atoms with Gasteiger partial charge < -0.3 is 14.4 Å². The third kappa shape index (κ3) is 1.45. The maximum Gasteiger partial charge on any atom is 0.176 e. The molecular weight excluding hydrogens is 182 g/mol. The molecule has 0 aliphatic rings. The summed E-state index contributed by atoms with van der Waals surface area (Å²) in [6, 6.07) is 7.53. The molecule has 4 heteroatoms. The summed E-state index contributed by atoms with van der Waals surface area (Å²) in [4.78, 5) is 0. The van der Waals surface area contributed by atoms with E-state index in [9.17, 15) is 0 Å². The van der Waals surface area contributed by atoms with E-state index in [1.807, 2.05) is 29.7 Å². The van der Waals surface area contributed by atoms with Crippen molar-refractivity contribution in [2.45, 2.75) is 6.54 Å². The highest BCUT2D eigenvalue weighted by molar-refractivity contribution is 5.83. The SMILES string of the molecule is COc1cccc2cc(CNO)oc12. The molecule has 0 amide bonds. The summed E-state index contributed by atoms with van der Waals surface area (Å²) in [7, 11) is 1.60. The number of ether oxygens (including phenoxy) is 1. The Morgan fingerprint density at radius 1 is 1.50 bits per heavy atom. The number of methoxy groups -OCH3 is 1. The van der Waals surface area contributed by atoms with Crippen molar-refractivity contribution in [2.24, 2.45) is 0 Å². The van der Waals surface area contributed by atoms with E-state index in [1.165, 1.54) is 0 Å². The quantitative estimate of drug-likeness (QED) is 0.731. The van der Waals surface area contributed by atoms with E-state index in [4.69, 9.17) is 14.4 Å². The van der Waals surface area contributed by atoms with Gasteiger partial charge in [0.15, 0.2) is 11.3 Å². The second kappa shape index (κ2) is 3.69. The molecule has 0 saturated heterocycles.